The monoisotopic (exact) mass is 257 g/mol. The van der Waals surface area contributed by atoms with Crippen molar-refractivity contribution in [2.24, 2.45) is 0 Å². The van der Waals surface area contributed by atoms with Crippen LogP contribution in [-0.2, 0) is 0 Å². The molecule has 0 aliphatic rings. The summed E-state index contributed by atoms with van der Waals surface area (Å²) in [5.41, 5.74) is 2.18. The van der Waals surface area contributed by atoms with Gasteiger partial charge in [-0.2, -0.15) is 0 Å². The lowest BCUT2D eigenvalue weighted by molar-refractivity contribution is 0.0691. The van der Waals surface area contributed by atoms with E-state index in [1.54, 1.807) is 0 Å². The smallest absolute Gasteiger partial charge is 0.358 e. The molecule has 0 aliphatic carbocycles. The van der Waals surface area contributed by atoms with Gasteiger partial charge in [0, 0.05) is 12.4 Å². The number of nitrogens with zero attached hydrogens (tertiary/aromatic N) is 2. The Kier molecular flexibility index (Phi) is 3.75. The Labute approximate surface area is 111 Å². The molecule has 0 radical (unpaired) electrons. The van der Waals surface area contributed by atoms with Crippen molar-refractivity contribution in [2.45, 2.75) is 19.9 Å². The maximum Gasteiger partial charge on any atom is 0.358 e. The molecule has 98 valence electrons. The first-order valence-electron chi connectivity index (χ1n) is 5.95. The van der Waals surface area contributed by atoms with Crippen LogP contribution < -0.4 is 5.32 Å². The Morgan fingerprint density at radius 1 is 1.21 bits per heavy atom. The predicted molar refractivity (Wildman–Crippen MR) is 72.2 cm³/mol. The molecule has 1 heterocycles. The Morgan fingerprint density at radius 3 is 2.47 bits per heavy atom. The van der Waals surface area contributed by atoms with Gasteiger partial charge >= 0.3 is 5.97 Å². The van der Waals surface area contributed by atoms with E-state index in [1.165, 1.54) is 18.0 Å². The highest BCUT2D eigenvalue weighted by molar-refractivity contribution is 5.90. The van der Waals surface area contributed by atoms with Crippen LogP contribution in [0.3, 0.4) is 0 Å². The summed E-state index contributed by atoms with van der Waals surface area (Å²) < 4.78 is 0. The number of carboxylic acids is 1. The summed E-state index contributed by atoms with van der Waals surface area (Å²) in [7, 11) is 0. The minimum absolute atomic E-state index is 0.0459. The van der Waals surface area contributed by atoms with Crippen LogP contribution in [-0.4, -0.2) is 21.0 Å². The van der Waals surface area contributed by atoms with Crippen molar-refractivity contribution in [3.63, 3.8) is 0 Å². The number of aromatic nitrogens is 2. The number of carbonyl (C=O) groups is 1. The van der Waals surface area contributed by atoms with Crippen molar-refractivity contribution in [3.05, 3.63) is 53.5 Å². The molecule has 1 unspecified atom stereocenters. The molecule has 5 nitrogen and oxygen atoms in total. The maximum atomic E-state index is 11.0. The third kappa shape index (κ3) is 3.07. The van der Waals surface area contributed by atoms with E-state index in [9.17, 15) is 4.79 Å². The minimum atomic E-state index is -1.09. The first kappa shape index (κ1) is 13.0. The molecule has 5 heteroatoms. The maximum absolute atomic E-state index is 11.0. The molecule has 0 spiro atoms. The molecule has 0 fully saturated rings. The van der Waals surface area contributed by atoms with Gasteiger partial charge in [-0.25, -0.2) is 14.8 Å². The van der Waals surface area contributed by atoms with E-state index >= 15 is 0 Å². The first-order chi connectivity index (χ1) is 9.08. The second kappa shape index (κ2) is 5.48. The zero-order valence-electron chi connectivity index (χ0n) is 10.8. The normalized spacial score (nSPS) is 11.9. The van der Waals surface area contributed by atoms with E-state index in [1.807, 2.05) is 38.1 Å². The number of aromatic carboxylic acids is 1. The number of carboxylic acid groups (broad SMARTS) is 1. The summed E-state index contributed by atoms with van der Waals surface area (Å²) in [5.74, 6) is -0.810. The molecule has 2 N–H and O–H groups in total. The highest BCUT2D eigenvalue weighted by Crippen LogP contribution is 2.19. The molecule has 0 aliphatic heterocycles. The average molecular weight is 257 g/mol. The van der Waals surface area contributed by atoms with Gasteiger partial charge in [-0.3, -0.25) is 0 Å². The predicted octanol–water partition coefficient (Wildman–Crippen LogP) is 2.66. The Bertz CT molecular complexity index is 581. The topological polar surface area (TPSA) is 75.1 Å². The summed E-state index contributed by atoms with van der Waals surface area (Å²) in [6.45, 7) is 3.97. The van der Waals surface area contributed by atoms with Crippen LogP contribution in [0.4, 0.5) is 5.82 Å². The van der Waals surface area contributed by atoms with Crippen molar-refractivity contribution in [1.29, 1.82) is 0 Å². The quantitative estimate of drug-likeness (QED) is 0.880. The summed E-state index contributed by atoms with van der Waals surface area (Å²) in [6.07, 6.45) is 2.84. The number of aryl methyl sites for hydroxylation is 1. The standard InChI is InChI=1S/C14H15N3O2/c1-9-3-5-11(6-4-9)10(2)17-13-12(14(18)19)15-7-8-16-13/h3-8,10H,1-2H3,(H,16,17)(H,18,19). The number of benzene rings is 1. The van der Waals surface area contributed by atoms with E-state index in [2.05, 4.69) is 15.3 Å². The van der Waals surface area contributed by atoms with E-state index in [0.717, 1.165) is 5.56 Å². The molecule has 19 heavy (non-hydrogen) atoms. The van der Waals surface area contributed by atoms with Crippen molar-refractivity contribution < 1.29 is 9.90 Å². The average Bonchev–Trinajstić information content (AvgIpc) is 2.39. The zero-order valence-corrected chi connectivity index (χ0v) is 10.8. The molecule has 0 amide bonds. The summed E-state index contributed by atoms with van der Waals surface area (Å²) in [5, 5.41) is 12.1. The first-order valence-corrected chi connectivity index (χ1v) is 5.95. The Hall–Kier alpha value is -2.43. The fourth-order valence-corrected chi connectivity index (χ4v) is 1.74. The second-order valence-electron chi connectivity index (χ2n) is 4.34. The van der Waals surface area contributed by atoms with Crippen LogP contribution in [0.5, 0.6) is 0 Å². The van der Waals surface area contributed by atoms with Crippen molar-refractivity contribution in [2.75, 3.05) is 5.32 Å². The molecule has 0 saturated carbocycles. The van der Waals surface area contributed by atoms with Gasteiger partial charge in [-0.05, 0) is 19.4 Å². The number of nitrogens with one attached hydrogen (secondary N) is 1. The molecule has 0 saturated heterocycles. The van der Waals surface area contributed by atoms with Crippen LogP contribution in [0.2, 0.25) is 0 Å². The molecular weight excluding hydrogens is 242 g/mol. The number of rotatable bonds is 4. The Morgan fingerprint density at radius 2 is 1.84 bits per heavy atom. The van der Waals surface area contributed by atoms with Gasteiger partial charge in [0.05, 0.1) is 6.04 Å². The van der Waals surface area contributed by atoms with Gasteiger partial charge in [0.15, 0.2) is 11.5 Å². The fourth-order valence-electron chi connectivity index (χ4n) is 1.74. The minimum Gasteiger partial charge on any atom is -0.476 e. The van der Waals surface area contributed by atoms with Gasteiger partial charge in [-0.1, -0.05) is 29.8 Å². The zero-order chi connectivity index (χ0) is 13.8. The molecular formula is C14H15N3O2. The number of hydrogen-bond donors (Lipinski definition) is 2. The lowest BCUT2D eigenvalue weighted by atomic mass is 10.1. The lowest BCUT2D eigenvalue weighted by Gasteiger charge is -2.15. The van der Waals surface area contributed by atoms with E-state index in [-0.39, 0.29) is 17.6 Å². The molecule has 1 aromatic heterocycles. The third-order valence-corrected chi connectivity index (χ3v) is 2.83. The second-order valence-corrected chi connectivity index (χ2v) is 4.34. The third-order valence-electron chi connectivity index (χ3n) is 2.83. The van der Waals surface area contributed by atoms with Gasteiger partial charge in [0.25, 0.3) is 0 Å². The molecule has 1 aromatic carbocycles. The van der Waals surface area contributed by atoms with Gasteiger partial charge in [0.1, 0.15) is 0 Å². The summed E-state index contributed by atoms with van der Waals surface area (Å²) >= 11 is 0. The molecule has 2 rings (SSSR count). The summed E-state index contributed by atoms with van der Waals surface area (Å²) in [6, 6.07) is 7.99. The molecule has 2 aromatic rings. The van der Waals surface area contributed by atoms with E-state index in [0.29, 0.717) is 0 Å². The Balaban J connectivity index is 2.21. The highest BCUT2D eigenvalue weighted by atomic mass is 16.4. The lowest BCUT2D eigenvalue weighted by Crippen LogP contribution is -2.13. The van der Waals surface area contributed by atoms with Crippen LogP contribution in [0.25, 0.3) is 0 Å². The van der Waals surface area contributed by atoms with Crippen molar-refractivity contribution in [3.8, 4) is 0 Å². The fraction of sp³-hybridized carbons (Fsp3) is 0.214. The van der Waals surface area contributed by atoms with Gasteiger partial charge in [0.2, 0.25) is 0 Å². The largest absolute Gasteiger partial charge is 0.476 e. The van der Waals surface area contributed by atoms with Crippen LogP contribution in [0.15, 0.2) is 36.7 Å². The van der Waals surface area contributed by atoms with Gasteiger partial charge < -0.3 is 10.4 Å². The SMILES string of the molecule is Cc1ccc(C(C)Nc2nccnc2C(=O)O)cc1. The molecule has 0 bridgehead atoms. The van der Waals surface area contributed by atoms with E-state index in [4.69, 9.17) is 5.11 Å². The van der Waals surface area contributed by atoms with Crippen LogP contribution in [0.1, 0.15) is 34.6 Å². The van der Waals surface area contributed by atoms with Crippen LogP contribution in [0, 0.1) is 6.92 Å². The summed E-state index contributed by atoms with van der Waals surface area (Å²) in [4.78, 5) is 18.9. The molecule has 1 atom stereocenters. The number of anilines is 1. The van der Waals surface area contributed by atoms with E-state index < -0.39 is 5.97 Å². The van der Waals surface area contributed by atoms with Crippen LogP contribution >= 0.6 is 0 Å². The van der Waals surface area contributed by atoms with Gasteiger partial charge in [-0.15, -0.1) is 0 Å². The van der Waals surface area contributed by atoms with Crippen molar-refractivity contribution >= 4 is 11.8 Å². The van der Waals surface area contributed by atoms with Crippen molar-refractivity contribution in [1.82, 2.24) is 9.97 Å². The number of hydrogen-bond acceptors (Lipinski definition) is 4. The highest BCUT2D eigenvalue weighted by Gasteiger charge is 2.15.